The van der Waals surface area contributed by atoms with E-state index in [4.69, 9.17) is 0 Å². The second-order valence-electron chi connectivity index (χ2n) is 7.24. The van der Waals surface area contributed by atoms with Crippen LogP contribution in [0, 0.1) is 19.7 Å². The predicted molar refractivity (Wildman–Crippen MR) is 119 cm³/mol. The maximum Gasteiger partial charge on any atom is 0.258 e. The largest absolute Gasteiger partial charge is 0.322 e. The smallest absolute Gasteiger partial charge is 0.258 e. The summed E-state index contributed by atoms with van der Waals surface area (Å²) in [6.07, 6.45) is 0. The third-order valence-electron chi connectivity index (χ3n) is 5.07. The molecule has 1 atom stereocenters. The monoisotopic (exact) mass is 420 g/mol. The van der Waals surface area contributed by atoms with Crippen molar-refractivity contribution in [2.24, 2.45) is 0 Å². The van der Waals surface area contributed by atoms with Crippen LogP contribution in [0.5, 0.6) is 0 Å². The summed E-state index contributed by atoms with van der Waals surface area (Å²) in [7, 11) is 0. The van der Waals surface area contributed by atoms with Crippen molar-refractivity contribution in [1.82, 2.24) is 0 Å². The maximum absolute atomic E-state index is 14.0. The van der Waals surface area contributed by atoms with E-state index in [-0.39, 0.29) is 16.8 Å². The fourth-order valence-electron chi connectivity index (χ4n) is 3.65. The summed E-state index contributed by atoms with van der Waals surface area (Å²) in [6, 6.07) is 19.2. The Morgan fingerprint density at radius 3 is 2.57 bits per heavy atom. The molecule has 0 unspecified atom stereocenters. The minimum atomic E-state index is -0.574. The summed E-state index contributed by atoms with van der Waals surface area (Å²) < 4.78 is 14.0. The molecule has 4 rings (SSSR count). The van der Waals surface area contributed by atoms with Crippen LogP contribution in [0.25, 0.3) is 0 Å². The second kappa shape index (κ2) is 8.32. The Kier molecular flexibility index (Phi) is 5.59. The van der Waals surface area contributed by atoms with Gasteiger partial charge in [0, 0.05) is 16.9 Å². The van der Waals surface area contributed by atoms with Gasteiger partial charge in [0.25, 0.3) is 5.91 Å². The van der Waals surface area contributed by atoms with E-state index < -0.39 is 11.7 Å². The zero-order chi connectivity index (χ0) is 21.3. The van der Waals surface area contributed by atoms with Crippen molar-refractivity contribution in [1.29, 1.82) is 0 Å². The Morgan fingerprint density at radius 2 is 1.80 bits per heavy atom. The molecule has 0 aliphatic carbocycles. The van der Waals surface area contributed by atoms with Gasteiger partial charge in [0.15, 0.2) is 0 Å². The minimum Gasteiger partial charge on any atom is -0.322 e. The number of benzene rings is 3. The van der Waals surface area contributed by atoms with E-state index in [1.54, 1.807) is 23.1 Å². The number of aryl methyl sites for hydroxylation is 2. The number of carbonyl (C=O) groups is 2. The van der Waals surface area contributed by atoms with Gasteiger partial charge in [0.1, 0.15) is 11.2 Å². The average Bonchev–Trinajstić information content (AvgIpc) is 3.10. The van der Waals surface area contributed by atoms with Crippen LogP contribution in [-0.2, 0) is 4.79 Å². The number of para-hydroxylation sites is 1. The van der Waals surface area contributed by atoms with E-state index in [2.05, 4.69) is 11.4 Å². The summed E-state index contributed by atoms with van der Waals surface area (Å²) in [5.74, 6) is -0.719. The Balaban J connectivity index is 1.69. The van der Waals surface area contributed by atoms with Gasteiger partial charge in [-0.05, 0) is 43.7 Å². The molecule has 1 aliphatic rings. The molecule has 6 heteroatoms. The van der Waals surface area contributed by atoms with E-state index in [0.717, 1.165) is 22.4 Å². The third kappa shape index (κ3) is 3.83. The Morgan fingerprint density at radius 1 is 1.07 bits per heavy atom. The van der Waals surface area contributed by atoms with Crippen LogP contribution in [0.4, 0.5) is 15.8 Å². The number of nitrogens with zero attached hydrogens (tertiary/aromatic N) is 1. The van der Waals surface area contributed by atoms with Crippen LogP contribution in [0.15, 0.2) is 66.7 Å². The molecular weight excluding hydrogens is 399 g/mol. The van der Waals surface area contributed by atoms with Crippen molar-refractivity contribution in [2.45, 2.75) is 19.2 Å². The number of thioether (sulfide) groups is 1. The van der Waals surface area contributed by atoms with Crippen molar-refractivity contribution < 1.29 is 14.0 Å². The number of halogens is 1. The molecule has 1 saturated heterocycles. The van der Waals surface area contributed by atoms with Crippen molar-refractivity contribution in [3.8, 4) is 0 Å². The lowest BCUT2D eigenvalue weighted by molar-refractivity contribution is -0.115. The molecule has 0 radical (unpaired) electrons. The first-order chi connectivity index (χ1) is 14.5. The third-order valence-corrected chi connectivity index (χ3v) is 6.27. The average molecular weight is 421 g/mol. The highest BCUT2D eigenvalue weighted by Gasteiger charge is 2.36. The quantitative estimate of drug-likeness (QED) is 0.609. The van der Waals surface area contributed by atoms with Crippen molar-refractivity contribution in [2.75, 3.05) is 16.0 Å². The number of nitrogens with one attached hydrogen (secondary N) is 1. The molecule has 3 aromatic rings. The molecule has 1 N–H and O–H groups in total. The molecule has 0 aromatic heterocycles. The lowest BCUT2D eigenvalue weighted by Crippen LogP contribution is -2.29. The zero-order valence-corrected chi connectivity index (χ0v) is 17.5. The van der Waals surface area contributed by atoms with E-state index in [1.165, 1.54) is 23.9 Å². The lowest BCUT2D eigenvalue weighted by atomic mass is 10.1. The SMILES string of the molecule is Cc1ccc(N2C(=O)CS[C@H]2c2ccccc2NC(=O)c2ccccc2F)c(C)c1. The van der Waals surface area contributed by atoms with Crippen molar-refractivity contribution in [3.05, 3.63) is 94.8 Å². The van der Waals surface area contributed by atoms with Crippen LogP contribution in [0.1, 0.15) is 32.4 Å². The van der Waals surface area contributed by atoms with Crippen LogP contribution < -0.4 is 10.2 Å². The minimum absolute atomic E-state index is 0.0197. The van der Waals surface area contributed by atoms with Gasteiger partial charge in [-0.1, -0.05) is 48.0 Å². The number of anilines is 2. The first-order valence-electron chi connectivity index (χ1n) is 9.61. The first kappa shape index (κ1) is 20.2. The molecule has 0 saturated carbocycles. The molecule has 1 aliphatic heterocycles. The number of carbonyl (C=O) groups excluding carboxylic acids is 2. The van der Waals surface area contributed by atoms with E-state index in [0.29, 0.717) is 11.4 Å². The molecule has 1 fully saturated rings. The lowest BCUT2D eigenvalue weighted by Gasteiger charge is -2.27. The van der Waals surface area contributed by atoms with Gasteiger partial charge < -0.3 is 5.32 Å². The molecule has 0 bridgehead atoms. The predicted octanol–water partition coefficient (Wildman–Crippen LogP) is 5.47. The fraction of sp³-hybridized carbons (Fsp3) is 0.167. The standard InChI is InChI=1S/C24H21FN2O2S/c1-15-11-12-21(16(2)13-15)27-22(28)14-30-24(27)18-8-4-6-10-20(18)26-23(29)17-7-3-5-9-19(17)25/h3-13,24H,14H2,1-2H3,(H,26,29)/t24-/m0/s1. The molecule has 2 amide bonds. The molecular formula is C24H21FN2O2S. The Labute approximate surface area is 179 Å². The Bertz CT molecular complexity index is 1130. The van der Waals surface area contributed by atoms with Crippen LogP contribution in [0.2, 0.25) is 0 Å². The Hall–Kier alpha value is -3.12. The van der Waals surface area contributed by atoms with Crippen LogP contribution in [0.3, 0.4) is 0 Å². The molecule has 4 nitrogen and oxygen atoms in total. The van der Waals surface area contributed by atoms with E-state index in [1.807, 2.05) is 44.2 Å². The van der Waals surface area contributed by atoms with Gasteiger partial charge in [0.05, 0.1) is 11.3 Å². The van der Waals surface area contributed by atoms with Gasteiger partial charge in [-0.25, -0.2) is 4.39 Å². The summed E-state index contributed by atoms with van der Waals surface area (Å²) in [4.78, 5) is 27.2. The molecule has 3 aromatic carbocycles. The number of hydrogen-bond acceptors (Lipinski definition) is 3. The number of hydrogen-bond donors (Lipinski definition) is 1. The number of amides is 2. The summed E-state index contributed by atoms with van der Waals surface area (Å²) in [6.45, 7) is 4.00. The second-order valence-corrected chi connectivity index (χ2v) is 8.31. The van der Waals surface area contributed by atoms with Gasteiger partial charge in [-0.3, -0.25) is 14.5 Å². The van der Waals surface area contributed by atoms with E-state index in [9.17, 15) is 14.0 Å². The number of rotatable bonds is 4. The first-order valence-corrected chi connectivity index (χ1v) is 10.7. The van der Waals surface area contributed by atoms with Crippen LogP contribution in [-0.4, -0.2) is 17.6 Å². The van der Waals surface area contributed by atoms with Crippen LogP contribution >= 0.6 is 11.8 Å². The fourth-order valence-corrected chi connectivity index (χ4v) is 4.86. The van der Waals surface area contributed by atoms with Crippen molar-refractivity contribution >= 4 is 35.0 Å². The van der Waals surface area contributed by atoms with Gasteiger partial charge in [0.2, 0.25) is 5.91 Å². The van der Waals surface area contributed by atoms with Gasteiger partial charge in [-0.2, -0.15) is 0 Å². The van der Waals surface area contributed by atoms with Crippen molar-refractivity contribution in [3.63, 3.8) is 0 Å². The highest BCUT2D eigenvalue weighted by Crippen LogP contribution is 2.45. The highest BCUT2D eigenvalue weighted by atomic mass is 32.2. The summed E-state index contributed by atoms with van der Waals surface area (Å²) >= 11 is 1.51. The van der Waals surface area contributed by atoms with E-state index >= 15 is 0 Å². The summed E-state index contributed by atoms with van der Waals surface area (Å²) in [5.41, 5.74) is 4.35. The maximum atomic E-state index is 14.0. The topological polar surface area (TPSA) is 49.4 Å². The summed E-state index contributed by atoms with van der Waals surface area (Å²) in [5, 5.41) is 2.54. The molecule has 152 valence electrons. The molecule has 30 heavy (non-hydrogen) atoms. The molecule has 1 heterocycles. The zero-order valence-electron chi connectivity index (χ0n) is 16.7. The molecule has 0 spiro atoms. The van der Waals surface area contributed by atoms with Gasteiger partial charge >= 0.3 is 0 Å². The normalized spacial score (nSPS) is 16.0. The van der Waals surface area contributed by atoms with Gasteiger partial charge in [-0.15, -0.1) is 11.8 Å². The highest BCUT2D eigenvalue weighted by molar-refractivity contribution is 8.00.